The summed E-state index contributed by atoms with van der Waals surface area (Å²) in [6, 6.07) is 21.8. The van der Waals surface area contributed by atoms with Crippen molar-refractivity contribution < 1.29 is 24.1 Å². The summed E-state index contributed by atoms with van der Waals surface area (Å²) in [4.78, 5) is 12.5. The molecule has 1 unspecified atom stereocenters. The van der Waals surface area contributed by atoms with Gasteiger partial charge in [-0.25, -0.2) is 0 Å². The molecule has 0 aliphatic heterocycles. The van der Waals surface area contributed by atoms with Crippen molar-refractivity contribution in [1.82, 2.24) is 0 Å². The van der Waals surface area contributed by atoms with Crippen LogP contribution in [-0.4, -0.2) is 25.2 Å². The predicted octanol–water partition coefficient (Wildman–Crippen LogP) is 4.95. The number of ether oxygens (including phenoxy) is 3. The van der Waals surface area contributed by atoms with Crippen molar-refractivity contribution in [2.24, 2.45) is 0 Å². The molecule has 0 radical (unpaired) electrons. The van der Waals surface area contributed by atoms with Gasteiger partial charge in [-0.1, -0.05) is 30.3 Å². The number of aliphatic hydroxyl groups excluding tert-OH is 1. The Kier molecular flexibility index (Phi) is 7.29. The number of rotatable bonds is 9. The smallest absolute Gasteiger partial charge is 0.224 e. The molecule has 1 atom stereocenters. The van der Waals surface area contributed by atoms with Crippen molar-refractivity contribution in [2.75, 3.05) is 19.5 Å². The molecule has 0 saturated heterocycles. The molecule has 0 fully saturated rings. The molecule has 3 rings (SSSR count). The first-order valence-electron chi connectivity index (χ1n) is 9.62. The zero-order chi connectivity index (χ0) is 21.3. The standard InChI is InChI=1S/C24H25NO5/c1-28-18-12-13-19(23(16-18)29-2)21(26)14-15-24(27)25-20-10-6-7-11-22(20)30-17-8-4-3-5-9-17/h3-13,16,21,26H,14-15H2,1-2H3,(H,25,27). The van der Waals surface area contributed by atoms with Gasteiger partial charge < -0.3 is 24.6 Å². The van der Waals surface area contributed by atoms with E-state index in [2.05, 4.69) is 5.32 Å². The van der Waals surface area contributed by atoms with Crippen molar-refractivity contribution in [3.05, 3.63) is 78.4 Å². The maximum atomic E-state index is 12.5. The molecule has 3 aromatic carbocycles. The van der Waals surface area contributed by atoms with Gasteiger partial charge in [0.15, 0.2) is 5.75 Å². The minimum absolute atomic E-state index is 0.135. The quantitative estimate of drug-likeness (QED) is 0.525. The fourth-order valence-electron chi connectivity index (χ4n) is 3.00. The molecule has 1 amide bonds. The van der Waals surface area contributed by atoms with E-state index in [1.54, 1.807) is 37.4 Å². The van der Waals surface area contributed by atoms with E-state index >= 15 is 0 Å². The Morgan fingerprint density at radius 3 is 2.37 bits per heavy atom. The van der Waals surface area contributed by atoms with Crippen LogP contribution in [0.5, 0.6) is 23.0 Å². The summed E-state index contributed by atoms with van der Waals surface area (Å²) >= 11 is 0. The average Bonchev–Trinajstić information content (AvgIpc) is 2.79. The van der Waals surface area contributed by atoms with Crippen LogP contribution in [0.3, 0.4) is 0 Å². The van der Waals surface area contributed by atoms with Crippen LogP contribution in [0.15, 0.2) is 72.8 Å². The Morgan fingerprint density at radius 1 is 0.900 bits per heavy atom. The number of amides is 1. The lowest BCUT2D eigenvalue weighted by molar-refractivity contribution is -0.116. The molecule has 6 nitrogen and oxygen atoms in total. The molecule has 0 aliphatic rings. The van der Waals surface area contributed by atoms with Crippen molar-refractivity contribution in [2.45, 2.75) is 18.9 Å². The molecule has 0 saturated carbocycles. The van der Waals surface area contributed by atoms with E-state index in [-0.39, 0.29) is 18.7 Å². The van der Waals surface area contributed by atoms with E-state index in [0.29, 0.717) is 34.2 Å². The van der Waals surface area contributed by atoms with Crippen LogP contribution >= 0.6 is 0 Å². The van der Waals surface area contributed by atoms with Gasteiger partial charge in [0.25, 0.3) is 0 Å². The Balaban J connectivity index is 1.61. The van der Waals surface area contributed by atoms with Gasteiger partial charge in [0.2, 0.25) is 5.91 Å². The van der Waals surface area contributed by atoms with E-state index < -0.39 is 6.10 Å². The summed E-state index contributed by atoms with van der Waals surface area (Å²) in [6.07, 6.45) is -0.459. The van der Waals surface area contributed by atoms with Crippen LogP contribution < -0.4 is 19.5 Å². The number of methoxy groups -OCH3 is 2. The van der Waals surface area contributed by atoms with E-state index in [1.807, 2.05) is 42.5 Å². The number of carbonyl (C=O) groups excluding carboxylic acids is 1. The van der Waals surface area contributed by atoms with E-state index in [1.165, 1.54) is 7.11 Å². The van der Waals surface area contributed by atoms with Crippen LogP contribution in [0.2, 0.25) is 0 Å². The highest BCUT2D eigenvalue weighted by Gasteiger charge is 2.16. The van der Waals surface area contributed by atoms with Gasteiger partial charge in [-0.05, 0) is 42.8 Å². The molecule has 0 aromatic heterocycles. The van der Waals surface area contributed by atoms with Gasteiger partial charge in [0, 0.05) is 18.1 Å². The fourth-order valence-corrected chi connectivity index (χ4v) is 3.00. The second-order valence-corrected chi connectivity index (χ2v) is 6.62. The normalized spacial score (nSPS) is 11.4. The first-order valence-corrected chi connectivity index (χ1v) is 9.62. The highest BCUT2D eigenvalue weighted by Crippen LogP contribution is 2.32. The van der Waals surface area contributed by atoms with Crippen LogP contribution in [0.25, 0.3) is 0 Å². The van der Waals surface area contributed by atoms with E-state index in [4.69, 9.17) is 14.2 Å². The lowest BCUT2D eigenvalue weighted by atomic mass is 10.0. The first-order chi connectivity index (χ1) is 14.6. The van der Waals surface area contributed by atoms with Crippen molar-refractivity contribution in [3.63, 3.8) is 0 Å². The molecule has 0 heterocycles. The molecule has 30 heavy (non-hydrogen) atoms. The molecule has 3 aromatic rings. The molecule has 0 spiro atoms. The topological polar surface area (TPSA) is 77.0 Å². The van der Waals surface area contributed by atoms with Gasteiger partial charge >= 0.3 is 0 Å². The summed E-state index contributed by atoms with van der Waals surface area (Å²) in [5, 5.41) is 13.4. The number of para-hydroxylation sites is 3. The Bertz CT molecular complexity index is 974. The van der Waals surface area contributed by atoms with Gasteiger partial charge in [-0.15, -0.1) is 0 Å². The zero-order valence-electron chi connectivity index (χ0n) is 17.0. The summed E-state index contributed by atoms with van der Waals surface area (Å²) in [7, 11) is 3.09. The second-order valence-electron chi connectivity index (χ2n) is 6.62. The Hall–Kier alpha value is -3.51. The maximum Gasteiger partial charge on any atom is 0.224 e. The number of carbonyl (C=O) groups is 1. The number of benzene rings is 3. The molecule has 2 N–H and O–H groups in total. The van der Waals surface area contributed by atoms with Gasteiger partial charge in [0.05, 0.1) is 26.0 Å². The molecule has 0 bridgehead atoms. The largest absolute Gasteiger partial charge is 0.497 e. The summed E-state index contributed by atoms with van der Waals surface area (Å²) in [5.41, 5.74) is 1.18. The highest BCUT2D eigenvalue weighted by molar-refractivity contribution is 5.92. The minimum Gasteiger partial charge on any atom is -0.497 e. The zero-order valence-corrected chi connectivity index (χ0v) is 17.0. The third-order valence-corrected chi connectivity index (χ3v) is 4.58. The van der Waals surface area contributed by atoms with Crippen molar-refractivity contribution in [1.29, 1.82) is 0 Å². The summed E-state index contributed by atoms with van der Waals surface area (Å²) in [6.45, 7) is 0. The third kappa shape index (κ3) is 5.52. The van der Waals surface area contributed by atoms with Gasteiger partial charge in [-0.3, -0.25) is 4.79 Å². The van der Waals surface area contributed by atoms with Crippen LogP contribution in [-0.2, 0) is 4.79 Å². The molecular formula is C24H25NO5. The lowest BCUT2D eigenvalue weighted by Gasteiger charge is -2.16. The molecular weight excluding hydrogens is 382 g/mol. The van der Waals surface area contributed by atoms with Gasteiger partial charge in [0.1, 0.15) is 17.2 Å². The minimum atomic E-state index is -0.840. The third-order valence-electron chi connectivity index (χ3n) is 4.58. The Morgan fingerprint density at radius 2 is 1.63 bits per heavy atom. The van der Waals surface area contributed by atoms with Gasteiger partial charge in [-0.2, -0.15) is 0 Å². The predicted molar refractivity (Wildman–Crippen MR) is 115 cm³/mol. The van der Waals surface area contributed by atoms with Crippen LogP contribution in [0.1, 0.15) is 24.5 Å². The number of hydrogen-bond donors (Lipinski definition) is 2. The van der Waals surface area contributed by atoms with Crippen LogP contribution in [0.4, 0.5) is 5.69 Å². The highest BCUT2D eigenvalue weighted by atomic mass is 16.5. The van der Waals surface area contributed by atoms with Crippen LogP contribution in [0, 0.1) is 0 Å². The fraction of sp³-hybridized carbons (Fsp3) is 0.208. The summed E-state index contributed by atoms with van der Waals surface area (Å²) in [5.74, 6) is 2.17. The SMILES string of the molecule is COc1ccc(C(O)CCC(=O)Nc2ccccc2Oc2ccccc2)c(OC)c1. The Labute approximate surface area is 176 Å². The van der Waals surface area contributed by atoms with Crippen molar-refractivity contribution in [3.8, 4) is 23.0 Å². The lowest BCUT2D eigenvalue weighted by Crippen LogP contribution is -2.13. The summed E-state index contributed by atoms with van der Waals surface area (Å²) < 4.78 is 16.4. The number of aliphatic hydroxyl groups is 1. The number of hydrogen-bond acceptors (Lipinski definition) is 5. The molecule has 0 aliphatic carbocycles. The molecule has 6 heteroatoms. The average molecular weight is 407 g/mol. The monoisotopic (exact) mass is 407 g/mol. The molecule has 156 valence electrons. The second kappa shape index (κ2) is 10.3. The van der Waals surface area contributed by atoms with E-state index in [0.717, 1.165) is 0 Å². The number of nitrogens with one attached hydrogen (secondary N) is 1. The first kappa shape index (κ1) is 21.2. The van der Waals surface area contributed by atoms with Crippen molar-refractivity contribution >= 4 is 11.6 Å². The number of anilines is 1. The van der Waals surface area contributed by atoms with E-state index in [9.17, 15) is 9.90 Å². The maximum absolute atomic E-state index is 12.5.